The summed E-state index contributed by atoms with van der Waals surface area (Å²) >= 11 is 13.0. The monoisotopic (exact) mass is 400 g/mol. The molecular formula is C17H18Cl2N2O3S. The van der Waals surface area contributed by atoms with E-state index in [0.29, 0.717) is 27.4 Å². The van der Waals surface area contributed by atoms with E-state index in [1.807, 2.05) is 0 Å². The number of carboxylic acid groups (broad SMARTS) is 1. The SMILES string of the molecule is CCCCCCN1C(=O)/C(=C/C(=O)O)S/C1=N/c1ccc(Cl)c(Cl)c1. The molecule has 0 aromatic heterocycles. The number of thioether (sulfide) groups is 1. The number of carbonyl (C=O) groups excluding carboxylic acids is 1. The molecule has 2 rings (SSSR count). The highest BCUT2D eigenvalue weighted by molar-refractivity contribution is 8.18. The zero-order valence-corrected chi connectivity index (χ0v) is 16.0. The first-order valence-corrected chi connectivity index (χ1v) is 9.47. The first kappa shape index (κ1) is 19.8. The number of hydrogen-bond acceptors (Lipinski definition) is 4. The highest BCUT2D eigenvalue weighted by atomic mass is 35.5. The second kappa shape index (κ2) is 9.27. The van der Waals surface area contributed by atoms with Crippen LogP contribution < -0.4 is 0 Å². The van der Waals surface area contributed by atoms with Gasteiger partial charge in [0, 0.05) is 12.6 Å². The van der Waals surface area contributed by atoms with Crippen molar-refractivity contribution in [1.29, 1.82) is 0 Å². The van der Waals surface area contributed by atoms with Gasteiger partial charge in [-0.1, -0.05) is 49.4 Å². The molecule has 5 nitrogen and oxygen atoms in total. The number of unbranched alkanes of at least 4 members (excludes halogenated alkanes) is 3. The molecule has 1 aliphatic rings. The van der Waals surface area contributed by atoms with Gasteiger partial charge in [0.15, 0.2) is 5.17 Å². The Kier molecular flexibility index (Phi) is 7.35. The van der Waals surface area contributed by atoms with Gasteiger partial charge in [-0.25, -0.2) is 9.79 Å². The summed E-state index contributed by atoms with van der Waals surface area (Å²) in [5.74, 6) is -1.49. The summed E-state index contributed by atoms with van der Waals surface area (Å²) in [4.78, 5) is 29.5. The van der Waals surface area contributed by atoms with E-state index < -0.39 is 5.97 Å². The second-order valence-corrected chi connectivity index (χ2v) is 7.28. The van der Waals surface area contributed by atoms with Gasteiger partial charge >= 0.3 is 5.97 Å². The second-order valence-electron chi connectivity index (χ2n) is 5.46. The predicted molar refractivity (Wildman–Crippen MR) is 103 cm³/mol. The lowest BCUT2D eigenvalue weighted by atomic mass is 10.2. The van der Waals surface area contributed by atoms with Gasteiger partial charge in [-0.15, -0.1) is 0 Å². The topological polar surface area (TPSA) is 70.0 Å². The van der Waals surface area contributed by atoms with Crippen molar-refractivity contribution in [3.63, 3.8) is 0 Å². The van der Waals surface area contributed by atoms with Crippen LogP contribution >= 0.6 is 35.0 Å². The fourth-order valence-electron chi connectivity index (χ4n) is 2.26. The minimum atomic E-state index is -1.16. The van der Waals surface area contributed by atoms with Gasteiger partial charge in [-0.05, 0) is 36.4 Å². The predicted octanol–water partition coefficient (Wildman–Crippen LogP) is 5.11. The van der Waals surface area contributed by atoms with Gasteiger partial charge in [0.1, 0.15) is 0 Å². The Morgan fingerprint density at radius 1 is 1.28 bits per heavy atom. The van der Waals surface area contributed by atoms with Gasteiger partial charge in [0.2, 0.25) is 0 Å². The Hall–Kier alpha value is -1.50. The maximum atomic E-state index is 12.5. The Bertz CT molecular complexity index is 735. The van der Waals surface area contributed by atoms with E-state index in [-0.39, 0.29) is 10.8 Å². The molecule has 0 aliphatic carbocycles. The van der Waals surface area contributed by atoms with Crippen LogP contribution in [0, 0.1) is 0 Å². The molecule has 1 heterocycles. The summed E-state index contributed by atoms with van der Waals surface area (Å²) in [5, 5.41) is 10.2. The average Bonchev–Trinajstić information content (AvgIpc) is 2.83. The minimum Gasteiger partial charge on any atom is -0.478 e. The molecule has 25 heavy (non-hydrogen) atoms. The van der Waals surface area contributed by atoms with Crippen molar-refractivity contribution in [2.24, 2.45) is 4.99 Å². The molecular weight excluding hydrogens is 383 g/mol. The smallest absolute Gasteiger partial charge is 0.329 e. The molecule has 0 radical (unpaired) electrons. The molecule has 0 unspecified atom stereocenters. The lowest BCUT2D eigenvalue weighted by Crippen LogP contribution is -2.30. The van der Waals surface area contributed by atoms with Crippen molar-refractivity contribution in [2.45, 2.75) is 32.6 Å². The Labute approximate surface area is 160 Å². The molecule has 1 aromatic rings. The standard InChI is InChI=1S/C17H18Cl2N2O3S/c1-2-3-4-5-8-21-16(24)14(10-15(22)23)25-17(21)20-11-6-7-12(18)13(19)9-11/h6-7,9-10H,2-5,8H2,1H3,(H,22,23)/b14-10-,20-17+. The van der Waals surface area contributed by atoms with Gasteiger partial charge in [0.05, 0.1) is 20.6 Å². The summed E-state index contributed by atoms with van der Waals surface area (Å²) in [5.41, 5.74) is 0.555. The minimum absolute atomic E-state index is 0.154. The number of carbonyl (C=O) groups is 2. The molecule has 8 heteroatoms. The number of nitrogens with zero attached hydrogens (tertiary/aromatic N) is 2. The molecule has 1 aliphatic heterocycles. The number of rotatable bonds is 7. The first-order valence-electron chi connectivity index (χ1n) is 7.90. The third-order valence-corrected chi connectivity index (χ3v) is 5.25. The Balaban J connectivity index is 2.26. The molecule has 0 spiro atoms. The molecule has 1 saturated heterocycles. The lowest BCUT2D eigenvalue weighted by Gasteiger charge is -2.15. The van der Waals surface area contributed by atoms with E-state index >= 15 is 0 Å². The van der Waals surface area contributed by atoms with Gasteiger partial charge in [-0.3, -0.25) is 9.69 Å². The number of amidine groups is 1. The summed E-state index contributed by atoms with van der Waals surface area (Å²) in [6, 6.07) is 4.93. The number of hydrogen-bond donors (Lipinski definition) is 1. The van der Waals surface area contributed by atoms with Crippen LogP contribution in [0.25, 0.3) is 0 Å². The highest BCUT2D eigenvalue weighted by Gasteiger charge is 2.33. The quantitative estimate of drug-likeness (QED) is 0.510. The van der Waals surface area contributed by atoms with Crippen LogP contribution in [0.15, 0.2) is 34.2 Å². The summed E-state index contributed by atoms with van der Waals surface area (Å²) < 4.78 is 0. The van der Waals surface area contributed by atoms with Crippen molar-refractivity contribution in [1.82, 2.24) is 4.90 Å². The number of halogens is 2. The van der Waals surface area contributed by atoms with Gasteiger partial charge in [0.25, 0.3) is 5.91 Å². The van der Waals surface area contributed by atoms with Crippen LogP contribution in [0.3, 0.4) is 0 Å². The van der Waals surface area contributed by atoms with E-state index in [1.165, 1.54) is 4.90 Å². The zero-order chi connectivity index (χ0) is 18.4. The van der Waals surface area contributed by atoms with Crippen molar-refractivity contribution in [2.75, 3.05) is 6.54 Å². The molecule has 0 saturated carbocycles. The van der Waals surface area contributed by atoms with Crippen LogP contribution in [0.1, 0.15) is 32.6 Å². The zero-order valence-electron chi connectivity index (χ0n) is 13.7. The molecule has 1 amide bonds. The van der Waals surface area contributed by atoms with E-state index in [0.717, 1.165) is 43.5 Å². The van der Waals surface area contributed by atoms with E-state index in [2.05, 4.69) is 11.9 Å². The van der Waals surface area contributed by atoms with E-state index in [4.69, 9.17) is 28.3 Å². The summed E-state index contributed by atoms with van der Waals surface area (Å²) in [6.45, 7) is 2.62. The van der Waals surface area contributed by atoms with Crippen molar-refractivity contribution >= 4 is 57.7 Å². The summed E-state index contributed by atoms with van der Waals surface area (Å²) in [7, 11) is 0. The van der Waals surface area contributed by atoms with E-state index in [1.54, 1.807) is 18.2 Å². The van der Waals surface area contributed by atoms with Gasteiger partial charge in [-0.2, -0.15) is 0 Å². The molecule has 1 fully saturated rings. The number of benzene rings is 1. The largest absolute Gasteiger partial charge is 0.478 e. The molecule has 0 atom stereocenters. The lowest BCUT2D eigenvalue weighted by molar-refractivity contribution is -0.132. The van der Waals surface area contributed by atoms with Crippen LogP contribution in [0.4, 0.5) is 5.69 Å². The highest BCUT2D eigenvalue weighted by Crippen LogP contribution is 2.34. The fourth-order valence-corrected chi connectivity index (χ4v) is 3.54. The Morgan fingerprint density at radius 2 is 2.04 bits per heavy atom. The molecule has 134 valence electrons. The Morgan fingerprint density at radius 3 is 2.68 bits per heavy atom. The number of aliphatic imine (C=N–C) groups is 1. The first-order chi connectivity index (χ1) is 11.9. The van der Waals surface area contributed by atoms with Gasteiger partial charge < -0.3 is 5.11 Å². The van der Waals surface area contributed by atoms with Crippen LogP contribution in [0.2, 0.25) is 10.0 Å². The molecule has 0 bridgehead atoms. The maximum absolute atomic E-state index is 12.5. The normalized spacial score (nSPS) is 17.7. The van der Waals surface area contributed by atoms with Crippen LogP contribution in [-0.2, 0) is 9.59 Å². The number of aliphatic carboxylic acids is 1. The number of amides is 1. The van der Waals surface area contributed by atoms with Crippen molar-refractivity contribution in [3.05, 3.63) is 39.2 Å². The molecule has 1 aromatic carbocycles. The van der Waals surface area contributed by atoms with E-state index in [9.17, 15) is 9.59 Å². The average molecular weight is 401 g/mol. The fraction of sp³-hybridized carbons (Fsp3) is 0.353. The van der Waals surface area contributed by atoms with Crippen LogP contribution in [-0.4, -0.2) is 33.6 Å². The third kappa shape index (κ3) is 5.49. The third-order valence-electron chi connectivity index (χ3n) is 3.51. The van der Waals surface area contributed by atoms with Crippen molar-refractivity contribution < 1.29 is 14.7 Å². The number of carboxylic acids is 1. The van der Waals surface area contributed by atoms with Crippen molar-refractivity contribution in [3.8, 4) is 0 Å². The van der Waals surface area contributed by atoms with Crippen LogP contribution in [0.5, 0.6) is 0 Å². The molecule has 1 N–H and O–H groups in total. The summed E-state index contributed by atoms with van der Waals surface area (Å²) in [6.07, 6.45) is 4.94. The maximum Gasteiger partial charge on any atom is 0.329 e.